The van der Waals surface area contributed by atoms with Gasteiger partial charge in [0.05, 0.1) is 11.7 Å². The van der Waals surface area contributed by atoms with E-state index in [1.807, 2.05) is 19.9 Å². The van der Waals surface area contributed by atoms with E-state index in [2.05, 4.69) is 0 Å². The standard InChI is InChI=1S/C11H11NO2.CH4O/c1-8(2)14-11-4-3-9(7-13)5-10(11)6-12;1-2/h3-5,7-8H,1-2H3;2H,1H3. The molecule has 16 heavy (non-hydrogen) atoms. The molecule has 1 rings (SSSR count). The molecule has 0 bridgehead atoms. The van der Waals surface area contributed by atoms with Gasteiger partial charge in [0.15, 0.2) is 0 Å². The quantitative estimate of drug-likeness (QED) is 0.789. The highest BCUT2D eigenvalue weighted by atomic mass is 16.5. The molecule has 0 atom stereocenters. The summed E-state index contributed by atoms with van der Waals surface area (Å²) in [7, 11) is 1.00. The molecule has 0 aromatic heterocycles. The fraction of sp³-hybridized carbons (Fsp3) is 0.333. The van der Waals surface area contributed by atoms with Crippen molar-refractivity contribution in [3.63, 3.8) is 0 Å². The molecule has 1 aromatic rings. The molecule has 86 valence electrons. The smallest absolute Gasteiger partial charge is 0.150 e. The highest BCUT2D eigenvalue weighted by Crippen LogP contribution is 2.19. The van der Waals surface area contributed by atoms with Gasteiger partial charge < -0.3 is 9.84 Å². The minimum Gasteiger partial charge on any atom is -0.490 e. The van der Waals surface area contributed by atoms with Gasteiger partial charge in [-0.25, -0.2) is 0 Å². The molecule has 4 heteroatoms. The Bertz CT molecular complexity index is 380. The topological polar surface area (TPSA) is 70.3 Å². The fourth-order valence-electron chi connectivity index (χ4n) is 1.06. The monoisotopic (exact) mass is 221 g/mol. The van der Waals surface area contributed by atoms with Crippen LogP contribution in [0.3, 0.4) is 0 Å². The second-order valence-electron chi connectivity index (χ2n) is 3.15. The fourth-order valence-corrected chi connectivity index (χ4v) is 1.06. The number of nitriles is 1. The third kappa shape index (κ3) is 4.11. The Morgan fingerprint density at radius 2 is 2.06 bits per heavy atom. The minimum atomic E-state index is 0.0178. The zero-order valence-electron chi connectivity index (χ0n) is 9.60. The van der Waals surface area contributed by atoms with Crippen molar-refractivity contribution in [1.82, 2.24) is 0 Å². The zero-order chi connectivity index (χ0) is 12.6. The summed E-state index contributed by atoms with van der Waals surface area (Å²) in [6.07, 6.45) is 0.726. The first kappa shape index (κ1) is 14.1. The molecular formula is C12H15NO3. The van der Waals surface area contributed by atoms with E-state index >= 15 is 0 Å². The van der Waals surface area contributed by atoms with Gasteiger partial charge in [0.25, 0.3) is 0 Å². The lowest BCUT2D eigenvalue weighted by atomic mass is 10.1. The lowest BCUT2D eigenvalue weighted by Gasteiger charge is -2.10. The summed E-state index contributed by atoms with van der Waals surface area (Å²) in [4.78, 5) is 10.5. The summed E-state index contributed by atoms with van der Waals surface area (Å²) in [6, 6.07) is 6.78. The Balaban J connectivity index is 0.00000106. The molecule has 4 nitrogen and oxygen atoms in total. The van der Waals surface area contributed by atoms with Gasteiger partial charge in [0.2, 0.25) is 0 Å². The number of ether oxygens (including phenoxy) is 1. The molecule has 0 fully saturated rings. The number of carbonyl (C=O) groups excluding carboxylic acids is 1. The van der Waals surface area contributed by atoms with Gasteiger partial charge in [-0.05, 0) is 32.0 Å². The highest BCUT2D eigenvalue weighted by molar-refractivity contribution is 5.76. The summed E-state index contributed by atoms with van der Waals surface area (Å²) in [6.45, 7) is 3.77. The van der Waals surface area contributed by atoms with E-state index in [1.54, 1.807) is 12.1 Å². The number of aliphatic hydroxyl groups is 1. The van der Waals surface area contributed by atoms with Crippen molar-refractivity contribution in [2.24, 2.45) is 0 Å². The van der Waals surface area contributed by atoms with E-state index in [9.17, 15) is 4.79 Å². The predicted molar refractivity (Wildman–Crippen MR) is 60.5 cm³/mol. The van der Waals surface area contributed by atoms with Crippen LogP contribution < -0.4 is 4.74 Å². The summed E-state index contributed by atoms with van der Waals surface area (Å²) in [5, 5.41) is 15.8. The number of hydrogen-bond acceptors (Lipinski definition) is 4. The van der Waals surface area contributed by atoms with Gasteiger partial charge in [-0.3, -0.25) is 4.79 Å². The molecule has 1 N–H and O–H groups in total. The number of rotatable bonds is 3. The average molecular weight is 221 g/mol. The SMILES string of the molecule is CC(C)Oc1ccc(C=O)cc1C#N.CO. The van der Waals surface area contributed by atoms with Crippen LogP contribution in [-0.2, 0) is 0 Å². The minimum absolute atomic E-state index is 0.0178. The molecule has 0 aliphatic rings. The summed E-state index contributed by atoms with van der Waals surface area (Å²) in [5.74, 6) is 0.521. The molecule has 0 aliphatic carbocycles. The second kappa shape index (κ2) is 7.43. The van der Waals surface area contributed by atoms with Crippen molar-refractivity contribution in [3.05, 3.63) is 29.3 Å². The van der Waals surface area contributed by atoms with Crippen LogP contribution in [0.4, 0.5) is 0 Å². The van der Waals surface area contributed by atoms with Gasteiger partial charge in [-0.1, -0.05) is 0 Å². The molecule has 1 aromatic carbocycles. The van der Waals surface area contributed by atoms with Crippen molar-refractivity contribution in [1.29, 1.82) is 5.26 Å². The van der Waals surface area contributed by atoms with E-state index in [0.717, 1.165) is 7.11 Å². The third-order valence-corrected chi connectivity index (χ3v) is 1.62. The molecule has 0 saturated heterocycles. The maximum atomic E-state index is 10.5. The second-order valence-corrected chi connectivity index (χ2v) is 3.15. The van der Waals surface area contributed by atoms with Crippen LogP contribution in [0.15, 0.2) is 18.2 Å². The number of aliphatic hydroxyl groups excluding tert-OH is 1. The summed E-state index contributed by atoms with van der Waals surface area (Å²) >= 11 is 0. The van der Waals surface area contributed by atoms with Gasteiger partial charge in [0, 0.05) is 12.7 Å². The van der Waals surface area contributed by atoms with Crippen molar-refractivity contribution < 1.29 is 14.6 Å². The zero-order valence-corrected chi connectivity index (χ0v) is 9.60. The largest absolute Gasteiger partial charge is 0.490 e. The first-order chi connectivity index (χ1) is 7.67. The molecule has 0 saturated carbocycles. The third-order valence-electron chi connectivity index (χ3n) is 1.62. The highest BCUT2D eigenvalue weighted by Gasteiger charge is 2.05. The first-order valence-electron chi connectivity index (χ1n) is 4.78. The number of benzene rings is 1. The summed E-state index contributed by atoms with van der Waals surface area (Å²) in [5.41, 5.74) is 0.876. The Labute approximate surface area is 95.1 Å². The molecule has 0 aliphatic heterocycles. The normalized spacial score (nSPS) is 8.75. The van der Waals surface area contributed by atoms with Crippen LogP contribution in [0.25, 0.3) is 0 Å². The lowest BCUT2D eigenvalue weighted by molar-refractivity contribution is 0.112. The average Bonchev–Trinajstić information content (AvgIpc) is 2.31. The van der Waals surface area contributed by atoms with Crippen LogP contribution >= 0.6 is 0 Å². The van der Waals surface area contributed by atoms with E-state index < -0.39 is 0 Å². The Morgan fingerprint density at radius 1 is 1.44 bits per heavy atom. The first-order valence-corrected chi connectivity index (χ1v) is 4.78. The van der Waals surface area contributed by atoms with Crippen LogP contribution in [0.2, 0.25) is 0 Å². The van der Waals surface area contributed by atoms with E-state index in [0.29, 0.717) is 23.2 Å². The van der Waals surface area contributed by atoms with Crippen LogP contribution in [0.5, 0.6) is 5.75 Å². The van der Waals surface area contributed by atoms with Crippen molar-refractivity contribution >= 4 is 6.29 Å². The molecule has 0 spiro atoms. The molecule has 0 unspecified atom stereocenters. The van der Waals surface area contributed by atoms with Crippen molar-refractivity contribution in [3.8, 4) is 11.8 Å². The Kier molecular flexibility index (Phi) is 6.57. The van der Waals surface area contributed by atoms with Gasteiger partial charge in [0.1, 0.15) is 18.1 Å². The number of aldehydes is 1. The molecular weight excluding hydrogens is 206 g/mol. The number of hydrogen-bond donors (Lipinski definition) is 1. The Morgan fingerprint density at radius 3 is 2.50 bits per heavy atom. The van der Waals surface area contributed by atoms with Crippen LogP contribution in [-0.4, -0.2) is 24.6 Å². The maximum Gasteiger partial charge on any atom is 0.150 e. The molecule has 0 amide bonds. The number of carbonyl (C=O) groups is 1. The molecule has 0 heterocycles. The van der Waals surface area contributed by atoms with Crippen molar-refractivity contribution in [2.45, 2.75) is 20.0 Å². The van der Waals surface area contributed by atoms with Gasteiger partial charge in [-0.15, -0.1) is 0 Å². The molecule has 0 radical (unpaired) electrons. The Hall–Kier alpha value is -1.86. The van der Waals surface area contributed by atoms with E-state index in [4.69, 9.17) is 15.1 Å². The van der Waals surface area contributed by atoms with E-state index in [-0.39, 0.29) is 6.10 Å². The van der Waals surface area contributed by atoms with Gasteiger partial charge in [-0.2, -0.15) is 5.26 Å². The maximum absolute atomic E-state index is 10.5. The summed E-state index contributed by atoms with van der Waals surface area (Å²) < 4.78 is 5.40. The van der Waals surface area contributed by atoms with Crippen molar-refractivity contribution in [2.75, 3.05) is 7.11 Å². The predicted octanol–water partition coefficient (Wildman–Crippen LogP) is 1.77. The number of nitrogens with zero attached hydrogens (tertiary/aromatic N) is 1. The lowest BCUT2D eigenvalue weighted by Crippen LogP contribution is -2.06. The van der Waals surface area contributed by atoms with Gasteiger partial charge >= 0.3 is 0 Å². The van der Waals surface area contributed by atoms with E-state index in [1.165, 1.54) is 6.07 Å². The van der Waals surface area contributed by atoms with Crippen LogP contribution in [0, 0.1) is 11.3 Å². The van der Waals surface area contributed by atoms with Crippen LogP contribution in [0.1, 0.15) is 29.8 Å².